The Balaban J connectivity index is 3.27. The normalized spacial score (nSPS) is 12.6. The van der Waals surface area contributed by atoms with E-state index in [9.17, 15) is 9.90 Å². The smallest absolute Gasteiger partial charge is 0.182 e. The van der Waals surface area contributed by atoms with Crippen LogP contribution in [-0.2, 0) is 0 Å². The van der Waals surface area contributed by atoms with Gasteiger partial charge in [-0.2, -0.15) is 0 Å². The average Bonchev–Trinajstić information content (AvgIpc) is 2.09. The molecule has 0 aliphatic heterocycles. The van der Waals surface area contributed by atoms with Gasteiger partial charge in [0.1, 0.15) is 5.75 Å². The van der Waals surface area contributed by atoms with Crippen molar-refractivity contribution in [3.8, 4) is 5.75 Å². The number of hydrogen-bond donors (Lipinski definition) is 2. The number of Topliss-reactive ketones (excluding diaryl/α,β-unsaturated/α-hetero) is 1. The average molecular weight is 193 g/mol. The molecular formula is C11H15NO2. The van der Waals surface area contributed by atoms with Crippen LogP contribution in [0.5, 0.6) is 5.75 Å². The first-order chi connectivity index (χ1) is 6.43. The maximum absolute atomic E-state index is 11.6. The number of phenols is 1. The summed E-state index contributed by atoms with van der Waals surface area (Å²) < 4.78 is 0. The minimum atomic E-state index is -0.581. The molecule has 3 nitrogen and oxygen atoms in total. The largest absolute Gasteiger partial charge is 0.507 e. The van der Waals surface area contributed by atoms with Gasteiger partial charge in [-0.3, -0.25) is 4.79 Å². The van der Waals surface area contributed by atoms with E-state index >= 15 is 0 Å². The second-order valence-electron chi connectivity index (χ2n) is 3.63. The third kappa shape index (κ3) is 1.93. The third-order valence-electron chi connectivity index (χ3n) is 2.12. The van der Waals surface area contributed by atoms with Crippen molar-refractivity contribution in [2.45, 2.75) is 26.8 Å². The number of aromatic hydroxyl groups is 1. The number of hydrogen-bond acceptors (Lipinski definition) is 3. The molecule has 0 fully saturated rings. The Morgan fingerprint density at radius 1 is 1.43 bits per heavy atom. The predicted octanol–water partition coefficient (Wildman–Crippen LogP) is 1.54. The highest BCUT2D eigenvalue weighted by Crippen LogP contribution is 2.24. The first-order valence-corrected chi connectivity index (χ1v) is 4.53. The zero-order chi connectivity index (χ0) is 10.9. The quantitative estimate of drug-likeness (QED) is 0.700. The number of phenolic OH excluding ortho intramolecular Hbond substituents is 1. The van der Waals surface area contributed by atoms with Crippen LogP contribution >= 0.6 is 0 Å². The Morgan fingerprint density at radius 3 is 2.50 bits per heavy atom. The summed E-state index contributed by atoms with van der Waals surface area (Å²) in [5.41, 5.74) is 7.44. The summed E-state index contributed by atoms with van der Waals surface area (Å²) in [6, 6.07) is 2.91. The molecule has 14 heavy (non-hydrogen) atoms. The number of nitrogens with two attached hydrogens (primary N) is 1. The number of carbonyl (C=O) groups is 1. The molecule has 76 valence electrons. The van der Waals surface area contributed by atoms with Gasteiger partial charge in [-0.25, -0.2) is 0 Å². The molecule has 0 saturated heterocycles. The summed E-state index contributed by atoms with van der Waals surface area (Å²) in [4.78, 5) is 11.6. The van der Waals surface area contributed by atoms with E-state index in [-0.39, 0.29) is 11.5 Å². The third-order valence-corrected chi connectivity index (χ3v) is 2.12. The van der Waals surface area contributed by atoms with Crippen molar-refractivity contribution >= 4 is 5.78 Å². The molecule has 1 rings (SSSR count). The molecule has 1 atom stereocenters. The number of ketones is 1. The summed E-state index contributed by atoms with van der Waals surface area (Å²) in [5, 5.41) is 9.66. The lowest BCUT2D eigenvalue weighted by Crippen LogP contribution is -2.26. The van der Waals surface area contributed by atoms with Gasteiger partial charge in [-0.15, -0.1) is 0 Å². The molecule has 0 amide bonds. The highest BCUT2D eigenvalue weighted by atomic mass is 16.3. The highest BCUT2D eigenvalue weighted by molar-refractivity contribution is 6.02. The fourth-order valence-electron chi connectivity index (χ4n) is 1.39. The van der Waals surface area contributed by atoms with Crippen LogP contribution in [-0.4, -0.2) is 16.9 Å². The Hall–Kier alpha value is -1.35. The van der Waals surface area contributed by atoms with Crippen molar-refractivity contribution in [3.05, 3.63) is 28.8 Å². The van der Waals surface area contributed by atoms with Gasteiger partial charge in [0, 0.05) is 0 Å². The number of carbonyl (C=O) groups excluding carboxylic acids is 1. The van der Waals surface area contributed by atoms with Crippen LogP contribution in [0.3, 0.4) is 0 Å². The van der Waals surface area contributed by atoms with E-state index in [1.807, 2.05) is 13.0 Å². The molecule has 0 aromatic heterocycles. The fraction of sp³-hybridized carbons (Fsp3) is 0.364. The van der Waals surface area contributed by atoms with E-state index < -0.39 is 6.04 Å². The Morgan fingerprint density at radius 2 is 2.00 bits per heavy atom. The molecule has 1 unspecified atom stereocenters. The van der Waals surface area contributed by atoms with E-state index in [1.54, 1.807) is 19.9 Å². The Labute approximate surface area is 83.6 Å². The summed E-state index contributed by atoms with van der Waals surface area (Å²) in [6.45, 7) is 5.25. The molecule has 0 aliphatic rings. The van der Waals surface area contributed by atoms with Crippen LogP contribution in [0.15, 0.2) is 12.1 Å². The van der Waals surface area contributed by atoms with Crippen LogP contribution in [0, 0.1) is 13.8 Å². The zero-order valence-electron chi connectivity index (χ0n) is 8.66. The molecule has 3 N–H and O–H groups in total. The van der Waals surface area contributed by atoms with Crippen molar-refractivity contribution in [3.63, 3.8) is 0 Å². The van der Waals surface area contributed by atoms with E-state index in [1.165, 1.54) is 0 Å². The summed E-state index contributed by atoms with van der Waals surface area (Å²) in [5.74, 6) is -0.188. The van der Waals surface area contributed by atoms with Gasteiger partial charge >= 0.3 is 0 Å². The molecule has 3 heteroatoms. The lowest BCUT2D eigenvalue weighted by molar-refractivity contribution is 0.0965. The van der Waals surface area contributed by atoms with Crippen molar-refractivity contribution < 1.29 is 9.90 Å². The van der Waals surface area contributed by atoms with Crippen molar-refractivity contribution in [2.75, 3.05) is 0 Å². The maximum Gasteiger partial charge on any atom is 0.182 e. The minimum absolute atomic E-state index is 0.0397. The van der Waals surface area contributed by atoms with Crippen LogP contribution < -0.4 is 5.73 Å². The second-order valence-corrected chi connectivity index (χ2v) is 3.63. The second kappa shape index (κ2) is 3.80. The van der Waals surface area contributed by atoms with E-state index in [4.69, 9.17) is 5.73 Å². The van der Waals surface area contributed by atoms with E-state index in [2.05, 4.69) is 0 Å². The van der Waals surface area contributed by atoms with Crippen molar-refractivity contribution in [1.29, 1.82) is 0 Å². The lowest BCUT2D eigenvalue weighted by atomic mass is 9.99. The molecule has 1 aromatic carbocycles. The minimum Gasteiger partial charge on any atom is -0.507 e. The van der Waals surface area contributed by atoms with Gasteiger partial charge in [-0.05, 0) is 38.0 Å². The Bertz CT molecular complexity index is 370. The van der Waals surface area contributed by atoms with Crippen LogP contribution in [0.4, 0.5) is 0 Å². The molecule has 0 bridgehead atoms. The Kier molecular flexibility index (Phi) is 2.91. The lowest BCUT2D eigenvalue weighted by Gasteiger charge is -2.09. The topological polar surface area (TPSA) is 63.3 Å². The van der Waals surface area contributed by atoms with Gasteiger partial charge in [0.05, 0.1) is 11.6 Å². The van der Waals surface area contributed by atoms with Crippen molar-refractivity contribution in [2.24, 2.45) is 5.73 Å². The molecule has 0 spiro atoms. The van der Waals surface area contributed by atoms with Crippen LogP contribution in [0.2, 0.25) is 0 Å². The zero-order valence-corrected chi connectivity index (χ0v) is 8.66. The monoisotopic (exact) mass is 193 g/mol. The SMILES string of the molecule is Cc1cc(C)c(O)c(C(=O)C(C)N)c1. The summed E-state index contributed by atoms with van der Waals surface area (Å²) in [6.07, 6.45) is 0. The number of rotatable bonds is 2. The highest BCUT2D eigenvalue weighted by Gasteiger charge is 2.16. The first kappa shape index (κ1) is 10.7. The molecule has 0 radical (unpaired) electrons. The maximum atomic E-state index is 11.6. The number of aryl methyl sites for hydroxylation is 2. The standard InChI is InChI=1S/C11H15NO2/c1-6-4-7(2)10(13)9(5-6)11(14)8(3)12/h4-5,8,13H,12H2,1-3H3. The summed E-state index contributed by atoms with van der Waals surface area (Å²) in [7, 11) is 0. The number of benzene rings is 1. The van der Waals surface area contributed by atoms with Gasteiger partial charge in [0.25, 0.3) is 0 Å². The molecule has 0 aliphatic carbocycles. The van der Waals surface area contributed by atoms with Crippen LogP contribution in [0.1, 0.15) is 28.4 Å². The van der Waals surface area contributed by atoms with Crippen molar-refractivity contribution in [1.82, 2.24) is 0 Å². The molecule has 0 saturated carbocycles. The van der Waals surface area contributed by atoms with Gasteiger partial charge in [-0.1, -0.05) is 6.07 Å². The fourth-order valence-corrected chi connectivity index (χ4v) is 1.39. The predicted molar refractivity (Wildman–Crippen MR) is 55.6 cm³/mol. The first-order valence-electron chi connectivity index (χ1n) is 4.53. The molecule has 1 aromatic rings. The summed E-state index contributed by atoms with van der Waals surface area (Å²) >= 11 is 0. The molecular weight excluding hydrogens is 178 g/mol. The van der Waals surface area contributed by atoms with Gasteiger partial charge in [0.2, 0.25) is 0 Å². The van der Waals surface area contributed by atoms with Crippen LogP contribution in [0.25, 0.3) is 0 Å². The van der Waals surface area contributed by atoms with E-state index in [0.717, 1.165) is 5.56 Å². The van der Waals surface area contributed by atoms with Gasteiger partial charge < -0.3 is 10.8 Å². The molecule has 0 heterocycles. The van der Waals surface area contributed by atoms with Gasteiger partial charge in [0.15, 0.2) is 5.78 Å². The van der Waals surface area contributed by atoms with E-state index in [0.29, 0.717) is 11.1 Å².